The van der Waals surface area contributed by atoms with E-state index in [-0.39, 0.29) is 11.0 Å². The number of aromatic carboxylic acids is 1. The van der Waals surface area contributed by atoms with Crippen molar-refractivity contribution in [2.24, 2.45) is 5.41 Å². The summed E-state index contributed by atoms with van der Waals surface area (Å²) in [6.07, 6.45) is 4.41. The molecular weight excluding hydrogens is 360 g/mol. The third kappa shape index (κ3) is 4.68. The molecule has 2 aromatic rings. The number of ether oxygens (including phenoxy) is 1. The Morgan fingerprint density at radius 1 is 1.37 bits per heavy atom. The minimum Gasteiger partial charge on any atom is -0.478 e. The fourth-order valence-electron chi connectivity index (χ4n) is 3.30. The lowest BCUT2D eigenvalue weighted by Crippen LogP contribution is -2.23. The highest BCUT2D eigenvalue weighted by Crippen LogP contribution is 2.32. The lowest BCUT2D eigenvalue weighted by molar-refractivity contribution is 0.0696. The summed E-state index contributed by atoms with van der Waals surface area (Å²) in [5.74, 6) is -0.248. The maximum atomic E-state index is 11.7. The van der Waals surface area contributed by atoms with E-state index in [1.807, 2.05) is 0 Å². The van der Waals surface area contributed by atoms with Crippen molar-refractivity contribution in [3.8, 4) is 0 Å². The number of carboxylic acids is 1. The number of hydrogen-bond donors (Lipinski definition) is 1. The maximum Gasteiger partial charge on any atom is 0.339 e. The van der Waals surface area contributed by atoms with Crippen molar-refractivity contribution in [3.05, 3.63) is 18.0 Å². The number of hydrogen-bond acceptors (Lipinski definition) is 5. The molecule has 7 nitrogen and oxygen atoms in total. The van der Waals surface area contributed by atoms with Gasteiger partial charge in [0.25, 0.3) is 0 Å². The Bertz CT molecular complexity index is 841. The first-order valence-corrected chi connectivity index (χ1v) is 13.2. The number of anilines is 1. The number of carbonyl (C=O) groups is 1. The molecule has 1 fully saturated rings. The molecule has 0 saturated carbocycles. The summed E-state index contributed by atoms with van der Waals surface area (Å²) >= 11 is 0. The van der Waals surface area contributed by atoms with Gasteiger partial charge in [-0.3, -0.25) is 0 Å². The van der Waals surface area contributed by atoms with Crippen molar-refractivity contribution >= 4 is 31.0 Å². The zero-order chi connectivity index (χ0) is 19.8. The normalized spacial score (nSPS) is 17.0. The Balaban J connectivity index is 1.83. The molecule has 0 spiro atoms. The summed E-state index contributed by atoms with van der Waals surface area (Å²) in [4.78, 5) is 23.0. The number of nitrogens with zero attached hydrogens (tertiary/aromatic N) is 4. The molecule has 2 aromatic heterocycles. The van der Waals surface area contributed by atoms with E-state index >= 15 is 0 Å². The molecule has 0 bridgehead atoms. The number of fused-ring (bicyclic) bond motifs is 1. The van der Waals surface area contributed by atoms with Gasteiger partial charge in [-0.15, -0.1) is 0 Å². The van der Waals surface area contributed by atoms with Gasteiger partial charge in [0.2, 0.25) is 0 Å². The van der Waals surface area contributed by atoms with Crippen LogP contribution in [0.5, 0.6) is 0 Å². The summed E-state index contributed by atoms with van der Waals surface area (Å²) in [6, 6.07) is 1.07. The summed E-state index contributed by atoms with van der Waals surface area (Å²) in [5.41, 5.74) is 1.40. The quantitative estimate of drug-likeness (QED) is 0.574. The highest BCUT2D eigenvalue weighted by molar-refractivity contribution is 6.76. The largest absolute Gasteiger partial charge is 0.478 e. The molecule has 1 aliphatic rings. The molecule has 3 rings (SSSR count). The third-order valence-electron chi connectivity index (χ3n) is 5.01. The van der Waals surface area contributed by atoms with Crippen LogP contribution in [0.4, 0.5) is 5.82 Å². The average molecular weight is 391 g/mol. The molecule has 0 aromatic carbocycles. The van der Waals surface area contributed by atoms with E-state index < -0.39 is 14.0 Å². The van der Waals surface area contributed by atoms with Gasteiger partial charge in [-0.2, -0.15) is 0 Å². The number of aromatic nitrogens is 3. The van der Waals surface area contributed by atoms with Crippen LogP contribution in [-0.2, 0) is 11.5 Å². The van der Waals surface area contributed by atoms with Crippen molar-refractivity contribution in [1.29, 1.82) is 0 Å². The predicted octanol–water partition coefficient (Wildman–Crippen LogP) is 3.68. The highest BCUT2D eigenvalue weighted by Gasteiger charge is 2.30. The molecule has 0 amide bonds. The van der Waals surface area contributed by atoms with Gasteiger partial charge in [-0.05, 0) is 17.9 Å². The second kappa shape index (κ2) is 7.24. The summed E-state index contributed by atoms with van der Waals surface area (Å²) in [6.45, 7) is 14.1. The zero-order valence-electron chi connectivity index (χ0n) is 16.9. The van der Waals surface area contributed by atoms with Gasteiger partial charge in [0, 0.05) is 34.0 Å². The van der Waals surface area contributed by atoms with Crippen molar-refractivity contribution in [2.45, 2.75) is 52.7 Å². The molecule has 148 valence electrons. The molecule has 0 aliphatic carbocycles. The van der Waals surface area contributed by atoms with Gasteiger partial charge in [-0.1, -0.05) is 33.5 Å². The lowest BCUT2D eigenvalue weighted by Gasteiger charge is -2.20. The molecule has 1 aliphatic heterocycles. The first-order valence-electron chi connectivity index (χ1n) is 9.48. The van der Waals surface area contributed by atoms with Crippen LogP contribution in [0, 0.1) is 5.41 Å². The van der Waals surface area contributed by atoms with Gasteiger partial charge in [0.1, 0.15) is 23.6 Å². The predicted molar refractivity (Wildman–Crippen MR) is 109 cm³/mol. The van der Waals surface area contributed by atoms with Crippen LogP contribution >= 0.6 is 0 Å². The number of carboxylic acid groups (broad SMARTS) is 1. The minimum atomic E-state index is -1.16. The van der Waals surface area contributed by atoms with Crippen LogP contribution in [0.3, 0.4) is 0 Å². The van der Waals surface area contributed by atoms with Gasteiger partial charge in [-0.25, -0.2) is 14.8 Å². The van der Waals surface area contributed by atoms with Gasteiger partial charge >= 0.3 is 5.97 Å². The monoisotopic (exact) mass is 390 g/mol. The molecule has 0 unspecified atom stereocenters. The summed E-state index contributed by atoms with van der Waals surface area (Å²) in [7, 11) is -1.16. The SMILES string of the molecule is CC1(C)CCN(c2cnc3c(n2)c(C(=O)O)cn3COCC[Si](C)(C)C)C1. The average Bonchev–Trinajstić information content (AvgIpc) is 3.10. The Morgan fingerprint density at radius 3 is 2.70 bits per heavy atom. The first-order chi connectivity index (χ1) is 12.6. The standard InChI is InChI=1S/C19H30N4O3Si/c1-19(2)6-7-22(12-19)15-10-20-17-16(21-15)14(18(24)25)11-23(17)13-26-8-9-27(3,4)5/h10-11H,6-9,12-13H2,1-5H3,(H,24,25). The van der Waals surface area contributed by atoms with E-state index in [4.69, 9.17) is 4.74 Å². The Hall–Kier alpha value is -1.93. The van der Waals surface area contributed by atoms with E-state index in [9.17, 15) is 9.90 Å². The van der Waals surface area contributed by atoms with Crippen LogP contribution < -0.4 is 4.90 Å². The van der Waals surface area contributed by atoms with Gasteiger partial charge < -0.3 is 19.3 Å². The van der Waals surface area contributed by atoms with Crippen molar-refractivity contribution < 1.29 is 14.6 Å². The number of rotatable bonds is 7. The fourth-order valence-corrected chi connectivity index (χ4v) is 4.06. The Kier molecular flexibility index (Phi) is 5.31. The Labute approximate surface area is 161 Å². The molecule has 8 heteroatoms. The zero-order valence-corrected chi connectivity index (χ0v) is 17.9. The first kappa shape index (κ1) is 19.8. The summed E-state index contributed by atoms with van der Waals surface area (Å²) in [5, 5.41) is 9.58. The fraction of sp³-hybridized carbons (Fsp3) is 0.632. The Morgan fingerprint density at radius 2 is 2.11 bits per heavy atom. The minimum absolute atomic E-state index is 0.173. The van der Waals surface area contributed by atoms with Crippen LogP contribution in [0.25, 0.3) is 11.2 Å². The second-order valence-electron chi connectivity index (χ2n) is 9.40. The van der Waals surface area contributed by atoms with Gasteiger partial charge in [0.15, 0.2) is 5.65 Å². The van der Waals surface area contributed by atoms with Crippen molar-refractivity contribution in [2.75, 3.05) is 24.6 Å². The van der Waals surface area contributed by atoms with E-state index in [2.05, 4.69) is 48.4 Å². The molecule has 0 atom stereocenters. The van der Waals surface area contributed by atoms with E-state index in [1.54, 1.807) is 17.0 Å². The van der Waals surface area contributed by atoms with Crippen LogP contribution in [0.1, 0.15) is 30.6 Å². The molecule has 1 saturated heterocycles. The van der Waals surface area contributed by atoms with Crippen molar-refractivity contribution in [1.82, 2.24) is 14.5 Å². The van der Waals surface area contributed by atoms with Crippen LogP contribution in [-0.4, -0.2) is 53.4 Å². The molecular formula is C19H30N4O3Si. The molecule has 0 radical (unpaired) electrons. The van der Waals surface area contributed by atoms with E-state index in [0.717, 1.165) is 31.4 Å². The van der Waals surface area contributed by atoms with E-state index in [1.165, 1.54) is 0 Å². The van der Waals surface area contributed by atoms with E-state index in [0.29, 0.717) is 24.5 Å². The molecule has 3 heterocycles. The topological polar surface area (TPSA) is 80.5 Å². The second-order valence-corrected chi connectivity index (χ2v) is 15.0. The van der Waals surface area contributed by atoms with Crippen LogP contribution in [0.2, 0.25) is 25.7 Å². The molecule has 1 N–H and O–H groups in total. The smallest absolute Gasteiger partial charge is 0.339 e. The van der Waals surface area contributed by atoms with Gasteiger partial charge in [0.05, 0.1) is 6.20 Å². The maximum absolute atomic E-state index is 11.7. The highest BCUT2D eigenvalue weighted by atomic mass is 28.3. The third-order valence-corrected chi connectivity index (χ3v) is 6.72. The van der Waals surface area contributed by atoms with Crippen LogP contribution in [0.15, 0.2) is 12.4 Å². The van der Waals surface area contributed by atoms with Crippen molar-refractivity contribution in [3.63, 3.8) is 0 Å². The molecule has 27 heavy (non-hydrogen) atoms. The lowest BCUT2D eigenvalue weighted by atomic mass is 9.93. The summed E-state index contributed by atoms with van der Waals surface area (Å²) < 4.78 is 7.52.